The molecule has 8 amide bonds. The number of aromatic hydroxyl groups is 3. The predicted molar refractivity (Wildman–Crippen MR) is 291 cm³/mol. The minimum absolute atomic E-state index is 0.00192. The number of hydrogen-bond donors (Lipinski definition) is 14. The third-order valence-corrected chi connectivity index (χ3v) is 13.6. The zero-order valence-corrected chi connectivity index (χ0v) is 46.6. The molecule has 2 aliphatic rings. The Labute approximate surface area is 488 Å². The first-order valence-electron chi connectivity index (χ1n) is 26.7. The summed E-state index contributed by atoms with van der Waals surface area (Å²) < 4.78 is 31.7. The summed E-state index contributed by atoms with van der Waals surface area (Å²) in [6.45, 7) is 4.34. The van der Waals surface area contributed by atoms with Crippen molar-refractivity contribution < 1.29 is 106 Å². The van der Waals surface area contributed by atoms with Crippen LogP contribution in [0.5, 0.6) is 17.2 Å². The van der Waals surface area contributed by atoms with Gasteiger partial charge in [-0.3, -0.25) is 52.7 Å². The highest BCUT2D eigenvalue weighted by atomic mass is 19.4. The number of likely N-dealkylation sites (tertiary alicyclic amines) is 2. The molecule has 0 saturated carbocycles. The number of carbonyl (C=O) groups is 12. The Morgan fingerprint density at radius 2 is 0.849 bits per heavy atom. The van der Waals surface area contributed by atoms with E-state index in [4.69, 9.17) is 15.6 Å². The largest absolute Gasteiger partial charge is 0.508 e. The number of amides is 8. The molecule has 2 aliphatic heterocycles. The quantitative estimate of drug-likeness (QED) is 0.0477. The first-order valence-corrected chi connectivity index (χ1v) is 26.7. The lowest BCUT2D eigenvalue weighted by Gasteiger charge is -2.32. The molecule has 86 heavy (non-hydrogen) atoms. The number of nitrogens with two attached hydrogens (primary N) is 1. The molecular formula is C55H68F3N9O19. The predicted octanol–water partition coefficient (Wildman–Crippen LogP) is -0.607. The van der Waals surface area contributed by atoms with Crippen molar-refractivity contribution >= 4 is 71.1 Å². The fraction of sp³-hybridized carbons (Fsp3) is 0.455. The Morgan fingerprint density at radius 3 is 1.24 bits per heavy atom. The number of carboxylic acid groups (broad SMARTS) is 4. The molecule has 5 rings (SSSR count). The van der Waals surface area contributed by atoms with Crippen LogP contribution in [-0.2, 0) is 76.8 Å². The van der Waals surface area contributed by atoms with Crippen molar-refractivity contribution in [2.45, 2.75) is 139 Å². The highest BCUT2D eigenvalue weighted by Crippen LogP contribution is 2.24. The number of hydrogen-bond acceptors (Lipinski definition) is 16. The molecule has 28 nitrogen and oxygen atoms in total. The van der Waals surface area contributed by atoms with E-state index in [-0.39, 0.29) is 68.9 Å². The lowest BCUT2D eigenvalue weighted by Crippen LogP contribution is -2.61. The fourth-order valence-corrected chi connectivity index (χ4v) is 9.12. The van der Waals surface area contributed by atoms with Gasteiger partial charge in [0, 0.05) is 25.9 Å². The number of aliphatic carboxylic acids is 4. The second-order valence-electron chi connectivity index (χ2n) is 20.6. The number of carboxylic acids is 4. The van der Waals surface area contributed by atoms with Gasteiger partial charge in [0.15, 0.2) is 0 Å². The summed E-state index contributed by atoms with van der Waals surface area (Å²) in [6, 6.07) is 4.00. The highest BCUT2D eigenvalue weighted by molar-refractivity contribution is 6.00. The van der Waals surface area contributed by atoms with Gasteiger partial charge in [-0.15, -0.1) is 0 Å². The summed E-state index contributed by atoms with van der Waals surface area (Å²) in [7, 11) is 0. The van der Waals surface area contributed by atoms with Crippen LogP contribution in [0, 0.1) is 5.92 Å². The molecular weight excluding hydrogens is 1150 g/mol. The Kier molecular flexibility index (Phi) is 25.2. The van der Waals surface area contributed by atoms with Gasteiger partial charge in [0.2, 0.25) is 47.3 Å². The SMILES string of the molecule is CC(C)[C@H](NC(=O)[C@H](CC(=O)O)NC(=O)[C@H](Cc1ccc(O)cc1)NC(=O)[C@@H]1CCCN1C(=O)[C@@H](N)Cc1ccc(O)cc1)C(=O)N1CCC[C@H]1C(=O)N[C@@H](CC(=O)O)C(=O)N[C@@H](Cc1ccc(O)cc1)C(=O)N[C@@H](C)C(=O)O.O=C(O)C(F)(F)F. The maximum Gasteiger partial charge on any atom is 0.490 e. The Bertz CT molecular complexity index is 2950. The molecule has 0 aliphatic carbocycles. The van der Waals surface area contributed by atoms with Gasteiger partial charge in [-0.05, 0) is 98.0 Å². The summed E-state index contributed by atoms with van der Waals surface area (Å²) in [5.74, 6) is -15.6. The average Bonchev–Trinajstić information content (AvgIpc) is 2.79. The number of rotatable bonds is 26. The van der Waals surface area contributed by atoms with E-state index in [1.54, 1.807) is 12.1 Å². The second-order valence-corrected chi connectivity index (χ2v) is 20.6. The van der Waals surface area contributed by atoms with Crippen LogP contribution in [0.15, 0.2) is 72.8 Å². The molecule has 0 spiro atoms. The van der Waals surface area contributed by atoms with Crippen molar-refractivity contribution in [3.63, 3.8) is 0 Å². The van der Waals surface area contributed by atoms with Crippen LogP contribution in [-0.4, -0.2) is 190 Å². The van der Waals surface area contributed by atoms with Crippen LogP contribution in [0.1, 0.15) is 76.0 Å². The van der Waals surface area contributed by atoms with Crippen molar-refractivity contribution in [1.82, 2.24) is 41.7 Å². The number of alkyl halides is 3. The van der Waals surface area contributed by atoms with Gasteiger partial charge >= 0.3 is 30.1 Å². The highest BCUT2D eigenvalue weighted by Gasteiger charge is 2.43. The molecule has 0 aromatic heterocycles. The number of carbonyl (C=O) groups excluding carboxylic acids is 8. The minimum Gasteiger partial charge on any atom is -0.508 e. The van der Waals surface area contributed by atoms with E-state index in [1.165, 1.54) is 86.3 Å². The third-order valence-electron chi connectivity index (χ3n) is 13.6. The zero-order chi connectivity index (χ0) is 64.3. The number of benzene rings is 3. The van der Waals surface area contributed by atoms with Crippen LogP contribution in [0.2, 0.25) is 0 Å². The molecule has 3 aromatic rings. The van der Waals surface area contributed by atoms with Gasteiger partial charge in [0.25, 0.3) is 0 Å². The lowest BCUT2D eigenvalue weighted by atomic mass is 10.0. The third kappa shape index (κ3) is 21.0. The van der Waals surface area contributed by atoms with Crippen LogP contribution >= 0.6 is 0 Å². The van der Waals surface area contributed by atoms with E-state index in [2.05, 4.69) is 31.9 Å². The molecule has 31 heteroatoms. The first-order chi connectivity index (χ1) is 40.2. The van der Waals surface area contributed by atoms with Crippen molar-refractivity contribution in [1.29, 1.82) is 0 Å². The van der Waals surface area contributed by atoms with Crippen molar-refractivity contribution in [3.05, 3.63) is 89.5 Å². The summed E-state index contributed by atoms with van der Waals surface area (Å²) in [5.41, 5.74) is 7.76. The normalized spacial score (nSPS) is 17.1. The summed E-state index contributed by atoms with van der Waals surface area (Å²) >= 11 is 0. The minimum atomic E-state index is -5.08. The number of halogens is 3. The summed E-state index contributed by atoms with van der Waals surface area (Å²) in [5, 5.41) is 80.0. The van der Waals surface area contributed by atoms with E-state index in [0.717, 1.165) is 4.90 Å². The van der Waals surface area contributed by atoms with Crippen molar-refractivity contribution in [3.8, 4) is 17.2 Å². The van der Waals surface area contributed by atoms with Gasteiger partial charge in [-0.25, -0.2) is 4.79 Å². The van der Waals surface area contributed by atoms with Gasteiger partial charge in [0.1, 0.15) is 65.6 Å². The van der Waals surface area contributed by atoms with Crippen LogP contribution in [0.3, 0.4) is 0 Å². The maximum absolute atomic E-state index is 14.4. The monoisotopic (exact) mass is 1220 g/mol. The fourth-order valence-electron chi connectivity index (χ4n) is 9.12. The molecule has 3 aromatic carbocycles. The number of phenolic OH excluding ortho intramolecular Hbond substituents is 3. The number of phenols is 3. The molecule has 2 fully saturated rings. The molecule has 15 N–H and O–H groups in total. The van der Waals surface area contributed by atoms with Gasteiger partial charge in [-0.2, -0.15) is 13.2 Å². The Hall–Kier alpha value is -9.55. The Balaban J connectivity index is 0.00000212. The topological polar surface area (TPSA) is 451 Å². The smallest absolute Gasteiger partial charge is 0.490 e. The summed E-state index contributed by atoms with van der Waals surface area (Å²) in [4.78, 5) is 159. The standard InChI is InChI=1S/C53H67N9O17.C2HF3O2/c1-27(2)44(52(77)62-21-5-7-41(62)50(75)59-38(25-42(66)67)47(72)56-36(45(70)55-28(3)53(78)79)23-30-10-16-33(64)17-11-30)60-48(73)39(26-43(68)69)57-46(71)37(24-31-12-18-34(65)19-13-31)58-49(74)40-6-4-20-61(40)51(76)35(54)22-29-8-14-32(63)15-9-29;3-2(4,5)1(6)7/h8-19,27-28,35-41,44,63-65H,4-7,20-26,54H2,1-3H3,(H,55,70)(H,56,72)(H,57,71)(H,58,74)(H,59,75)(H,60,73)(H,66,67)(H,68,69)(H,78,79);(H,6,7)/t28-,35-,36-,37-,38-,39-,40-,41-,44-;/m0./s1. The van der Waals surface area contributed by atoms with E-state index in [1.807, 2.05) is 0 Å². The molecule has 9 atom stereocenters. The molecule has 0 unspecified atom stereocenters. The molecule has 2 saturated heterocycles. The van der Waals surface area contributed by atoms with E-state index < -0.39 is 150 Å². The van der Waals surface area contributed by atoms with Crippen LogP contribution < -0.4 is 37.6 Å². The average molecular weight is 1220 g/mol. The van der Waals surface area contributed by atoms with Gasteiger partial charge in [-0.1, -0.05) is 50.2 Å². The van der Waals surface area contributed by atoms with Crippen LogP contribution in [0.25, 0.3) is 0 Å². The first kappa shape index (κ1) is 68.9. The lowest BCUT2D eigenvalue weighted by molar-refractivity contribution is -0.192. The molecule has 0 radical (unpaired) electrons. The molecule has 2 heterocycles. The van der Waals surface area contributed by atoms with Crippen LogP contribution in [0.4, 0.5) is 13.2 Å². The van der Waals surface area contributed by atoms with E-state index in [9.17, 15) is 96.6 Å². The van der Waals surface area contributed by atoms with Gasteiger partial charge in [0.05, 0.1) is 18.9 Å². The zero-order valence-electron chi connectivity index (χ0n) is 46.6. The second kappa shape index (κ2) is 31.4. The Morgan fingerprint density at radius 1 is 0.512 bits per heavy atom. The maximum atomic E-state index is 14.4. The molecule has 0 bridgehead atoms. The van der Waals surface area contributed by atoms with Crippen molar-refractivity contribution in [2.24, 2.45) is 11.7 Å². The van der Waals surface area contributed by atoms with Crippen molar-refractivity contribution in [2.75, 3.05) is 13.1 Å². The molecule has 468 valence electrons. The van der Waals surface area contributed by atoms with E-state index >= 15 is 0 Å². The number of nitrogens with one attached hydrogen (secondary N) is 6. The van der Waals surface area contributed by atoms with Gasteiger partial charge < -0.3 is 83.2 Å². The summed E-state index contributed by atoms with van der Waals surface area (Å²) in [6.07, 6.45) is -6.69. The number of nitrogens with zero attached hydrogens (tertiary/aromatic N) is 2. The van der Waals surface area contributed by atoms with E-state index in [0.29, 0.717) is 23.1 Å².